The highest BCUT2D eigenvalue weighted by atomic mass is 19.1. The van der Waals surface area contributed by atoms with Crippen LogP contribution in [0.2, 0.25) is 0 Å². The van der Waals surface area contributed by atoms with Crippen molar-refractivity contribution in [2.24, 2.45) is 0 Å². The molecule has 0 saturated carbocycles. The molecule has 3 aromatic rings. The van der Waals surface area contributed by atoms with Crippen LogP contribution in [0.1, 0.15) is 21.5 Å². The van der Waals surface area contributed by atoms with Gasteiger partial charge in [0.2, 0.25) is 5.95 Å². The van der Waals surface area contributed by atoms with Gasteiger partial charge in [-0.3, -0.25) is 4.79 Å². The summed E-state index contributed by atoms with van der Waals surface area (Å²) in [5.74, 6) is -0.530. The molecule has 1 amide bonds. The predicted molar refractivity (Wildman–Crippen MR) is 137 cm³/mol. The van der Waals surface area contributed by atoms with E-state index < -0.39 is 5.95 Å². The molecule has 35 heavy (non-hydrogen) atoms. The highest BCUT2D eigenvalue weighted by Crippen LogP contribution is 2.35. The molecule has 1 radical (unpaired) electrons. The van der Waals surface area contributed by atoms with Crippen molar-refractivity contribution in [3.63, 3.8) is 0 Å². The highest BCUT2D eigenvalue weighted by Gasteiger charge is 2.21. The van der Waals surface area contributed by atoms with Gasteiger partial charge in [-0.05, 0) is 67.0 Å². The van der Waals surface area contributed by atoms with Crippen LogP contribution in [-0.4, -0.2) is 62.6 Å². The Kier molecular flexibility index (Phi) is 6.40. The molecule has 0 spiro atoms. The van der Waals surface area contributed by atoms with Crippen LogP contribution in [0.15, 0.2) is 42.5 Å². The minimum Gasteiger partial charge on any atom is -0.383 e. The van der Waals surface area contributed by atoms with Crippen molar-refractivity contribution in [1.29, 1.82) is 0 Å². The number of hydrogen-bond donors (Lipinski definition) is 2. The zero-order chi connectivity index (χ0) is 24.5. The number of amides is 1. The first-order valence-electron chi connectivity index (χ1n) is 11.9. The molecule has 7 nitrogen and oxygen atoms in total. The van der Waals surface area contributed by atoms with Crippen LogP contribution in [0, 0.1) is 5.95 Å². The summed E-state index contributed by atoms with van der Waals surface area (Å²) in [7, 11) is 4.06. The molecular weight excluding hydrogens is 443 g/mol. The molecule has 2 aliphatic heterocycles. The molecule has 3 N–H and O–H groups in total. The third-order valence-corrected chi connectivity index (χ3v) is 6.62. The third kappa shape index (κ3) is 4.72. The van der Waals surface area contributed by atoms with E-state index in [0.717, 1.165) is 67.1 Å². The number of benzene rings is 2. The normalized spacial score (nSPS) is 15.8. The number of carbonyl (C=O) groups excluding carboxylic acids is 1. The SMILES string of the molecule is CN(C)Cc1cc(-c2cc(-c3ccc4c(c3)CCNC4=O)c(N)nc2F)ccc1N1CC[N]CC1. The average Bonchev–Trinajstić information content (AvgIpc) is 2.84. The van der Waals surface area contributed by atoms with Gasteiger partial charge < -0.3 is 20.9 Å². The quantitative estimate of drug-likeness (QED) is 0.557. The van der Waals surface area contributed by atoms with Gasteiger partial charge in [-0.1, -0.05) is 18.2 Å². The molecule has 0 atom stereocenters. The molecule has 8 heteroatoms. The van der Waals surface area contributed by atoms with E-state index in [4.69, 9.17) is 5.73 Å². The smallest absolute Gasteiger partial charge is 0.251 e. The van der Waals surface area contributed by atoms with E-state index in [1.807, 2.05) is 32.3 Å². The van der Waals surface area contributed by atoms with E-state index in [-0.39, 0.29) is 11.7 Å². The van der Waals surface area contributed by atoms with Crippen LogP contribution in [-0.2, 0) is 13.0 Å². The molecule has 5 rings (SSSR count). The average molecular weight is 474 g/mol. The van der Waals surface area contributed by atoms with Gasteiger partial charge in [-0.25, -0.2) is 10.3 Å². The number of nitrogens with zero attached hydrogens (tertiary/aromatic N) is 4. The first kappa shape index (κ1) is 23.3. The van der Waals surface area contributed by atoms with E-state index in [2.05, 4.69) is 37.6 Å². The van der Waals surface area contributed by atoms with Gasteiger partial charge in [0.25, 0.3) is 5.91 Å². The Balaban J connectivity index is 1.56. The van der Waals surface area contributed by atoms with E-state index in [1.54, 1.807) is 12.1 Å². The molecule has 181 valence electrons. The summed E-state index contributed by atoms with van der Waals surface area (Å²) in [5.41, 5.74) is 12.7. The molecule has 0 aliphatic carbocycles. The Morgan fingerprint density at radius 1 is 1.03 bits per heavy atom. The molecule has 2 aliphatic rings. The van der Waals surface area contributed by atoms with E-state index in [0.29, 0.717) is 23.2 Å². The number of nitrogens with one attached hydrogen (secondary N) is 1. The number of nitrogens with two attached hydrogens (primary N) is 1. The van der Waals surface area contributed by atoms with Gasteiger partial charge in [0, 0.05) is 61.6 Å². The lowest BCUT2D eigenvalue weighted by atomic mass is 9.93. The lowest BCUT2D eigenvalue weighted by Crippen LogP contribution is -2.40. The molecule has 1 aromatic heterocycles. The van der Waals surface area contributed by atoms with Crippen molar-refractivity contribution in [2.75, 3.05) is 57.5 Å². The van der Waals surface area contributed by atoms with Gasteiger partial charge >= 0.3 is 0 Å². The standard InChI is InChI=1S/C27H30FN6O/c1-33(2)16-20-14-17(4-6-24(20)34-11-9-30-10-12-34)22-15-23(26(29)32-25(22)28)18-3-5-21-19(13-18)7-8-31-27(21)35/h3-6,13-15H,7-12,16H2,1-2H3,(H2,29,32)(H,31,35). The maximum absolute atomic E-state index is 15.1. The minimum atomic E-state index is -0.594. The summed E-state index contributed by atoms with van der Waals surface area (Å²) in [6.07, 6.45) is 0.745. The van der Waals surface area contributed by atoms with Crippen molar-refractivity contribution in [3.05, 3.63) is 65.1 Å². The second kappa shape index (κ2) is 9.64. The zero-order valence-electron chi connectivity index (χ0n) is 20.1. The van der Waals surface area contributed by atoms with Crippen molar-refractivity contribution in [3.8, 4) is 22.3 Å². The molecule has 0 bridgehead atoms. The highest BCUT2D eigenvalue weighted by molar-refractivity contribution is 5.97. The summed E-state index contributed by atoms with van der Waals surface area (Å²) < 4.78 is 15.1. The van der Waals surface area contributed by atoms with E-state index >= 15 is 4.39 Å². The van der Waals surface area contributed by atoms with Gasteiger partial charge in [0.05, 0.1) is 0 Å². The Bertz CT molecular complexity index is 1270. The number of halogens is 1. The molecule has 0 unspecified atom stereocenters. The second-order valence-electron chi connectivity index (χ2n) is 9.38. The molecule has 1 fully saturated rings. The Morgan fingerprint density at radius 3 is 2.54 bits per heavy atom. The maximum Gasteiger partial charge on any atom is 0.251 e. The first-order chi connectivity index (χ1) is 16.9. The number of nitrogen functional groups attached to an aromatic ring is 1. The van der Waals surface area contributed by atoms with E-state index in [9.17, 15) is 4.79 Å². The number of fused-ring (bicyclic) bond motifs is 1. The van der Waals surface area contributed by atoms with Crippen LogP contribution in [0.5, 0.6) is 0 Å². The number of piperazine rings is 1. The van der Waals surface area contributed by atoms with Crippen LogP contribution in [0.25, 0.3) is 22.3 Å². The van der Waals surface area contributed by atoms with Crippen molar-refractivity contribution >= 4 is 17.4 Å². The van der Waals surface area contributed by atoms with Gasteiger partial charge in [0.1, 0.15) is 5.82 Å². The lowest BCUT2D eigenvalue weighted by Gasteiger charge is -2.31. The van der Waals surface area contributed by atoms with Gasteiger partial charge in [-0.2, -0.15) is 4.39 Å². The summed E-state index contributed by atoms with van der Waals surface area (Å²) in [6.45, 7) is 4.76. The molecule has 2 aromatic carbocycles. The lowest BCUT2D eigenvalue weighted by molar-refractivity contribution is 0.0946. The topological polar surface area (TPSA) is 88.6 Å². The fraction of sp³-hybridized carbons (Fsp3) is 0.333. The molecule has 3 heterocycles. The number of rotatable bonds is 5. The number of pyridine rings is 1. The predicted octanol–water partition coefficient (Wildman–Crippen LogP) is 2.91. The summed E-state index contributed by atoms with van der Waals surface area (Å²) in [6, 6.07) is 13.5. The Morgan fingerprint density at radius 2 is 1.77 bits per heavy atom. The van der Waals surface area contributed by atoms with Crippen LogP contribution >= 0.6 is 0 Å². The third-order valence-electron chi connectivity index (χ3n) is 6.62. The van der Waals surface area contributed by atoms with Crippen molar-refractivity contribution < 1.29 is 9.18 Å². The number of hydrogen-bond acceptors (Lipinski definition) is 5. The molecule has 1 saturated heterocycles. The summed E-state index contributed by atoms with van der Waals surface area (Å²) in [5, 5.41) is 7.31. The minimum absolute atomic E-state index is 0.0698. The van der Waals surface area contributed by atoms with Crippen LogP contribution < -0.4 is 21.3 Å². The monoisotopic (exact) mass is 473 g/mol. The summed E-state index contributed by atoms with van der Waals surface area (Å²) in [4.78, 5) is 20.6. The fourth-order valence-electron chi connectivity index (χ4n) is 4.91. The number of aromatic nitrogens is 1. The van der Waals surface area contributed by atoms with E-state index in [1.165, 1.54) is 0 Å². The van der Waals surface area contributed by atoms with Gasteiger partial charge in [-0.15, -0.1) is 0 Å². The number of anilines is 2. The van der Waals surface area contributed by atoms with Crippen molar-refractivity contribution in [2.45, 2.75) is 13.0 Å². The second-order valence-corrected chi connectivity index (χ2v) is 9.38. The van der Waals surface area contributed by atoms with Crippen LogP contribution in [0.3, 0.4) is 0 Å². The fourth-order valence-corrected chi connectivity index (χ4v) is 4.91. The maximum atomic E-state index is 15.1. The van der Waals surface area contributed by atoms with Crippen LogP contribution in [0.4, 0.5) is 15.9 Å². The van der Waals surface area contributed by atoms with Gasteiger partial charge in [0.15, 0.2) is 0 Å². The largest absolute Gasteiger partial charge is 0.383 e. The zero-order valence-corrected chi connectivity index (χ0v) is 20.1. The molecular formula is C27H30FN6O. The Labute approximate surface area is 205 Å². The van der Waals surface area contributed by atoms with Crippen molar-refractivity contribution in [1.82, 2.24) is 20.5 Å². The Hall–Kier alpha value is -3.49. The summed E-state index contributed by atoms with van der Waals surface area (Å²) >= 11 is 0. The number of carbonyl (C=O) groups is 1. The first-order valence-corrected chi connectivity index (χ1v) is 11.9.